The molecule has 1 aliphatic heterocycles. The average Bonchev–Trinajstić information content (AvgIpc) is 3.42. The van der Waals surface area contributed by atoms with E-state index in [1.807, 2.05) is 0 Å². The summed E-state index contributed by atoms with van der Waals surface area (Å²) in [5, 5.41) is 3.66. The zero-order chi connectivity index (χ0) is 18.8. The molecular weight excluding hydrogens is 379 g/mol. The molecule has 1 aromatic rings. The molecule has 0 unspecified atom stereocenters. The highest BCUT2D eigenvalue weighted by atomic mass is 35.5. The molecule has 2 amide bonds. The van der Waals surface area contributed by atoms with Gasteiger partial charge in [0.2, 0.25) is 0 Å². The Kier molecular flexibility index (Phi) is 5.75. The molecule has 1 heterocycles. The molecule has 140 valence electrons. The van der Waals surface area contributed by atoms with Crippen LogP contribution in [0.1, 0.15) is 31.4 Å². The van der Waals surface area contributed by atoms with Gasteiger partial charge >= 0.3 is 12.0 Å². The summed E-state index contributed by atoms with van der Waals surface area (Å²) >= 11 is 12.1. The van der Waals surface area contributed by atoms with Gasteiger partial charge in [-0.15, -0.1) is 0 Å². The number of nitrogens with zero attached hydrogens (tertiary/aromatic N) is 1. The van der Waals surface area contributed by atoms with Crippen molar-refractivity contribution in [3.05, 3.63) is 45.1 Å². The van der Waals surface area contributed by atoms with E-state index < -0.39 is 12.0 Å². The molecule has 0 radical (unpaired) electrons. The van der Waals surface area contributed by atoms with Crippen LogP contribution >= 0.6 is 23.2 Å². The molecule has 6 nitrogen and oxygen atoms in total. The summed E-state index contributed by atoms with van der Waals surface area (Å²) < 4.78 is 10.3. The topological polar surface area (TPSA) is 67.9 Å². The number of carbonyl (C=O) groups excluding carboxylic acids is 2. The second-order valence-electron chi connectivity index (χ2n) is 6.29. The van der Waals surface area contributed by atoms with Gasteiger partial charge < -0.3 is 14.8 Å². The number of benzene rings is 1. The fourth-order valence-corrected chi connectivity index (χ4v) is 3.34. The van der Waals surface area contributed by atoms with Crippen molar-refractivity contribution < 1.29 is 19.1 Å². The lowest BCUT2D eigenvalue weighted by Gasteiger charge is -2.35. The standard InChI is InChI=1S/C18H20Cl2N2O4/c1-10-15(17(23)26-8-7-25-2)16(11-3-6-13(19)14(20)9-11)21-18(24)22(10)12-4-5-12/h3,6,9,12,16H,4-5,7-8H2,1-2H3,(H,21,24)/t16-/m1/s1. The predicted octanol–water partition coefficient (Wildman–Crippen LogP) is 3.69. The number of carbonyl (C=O) groups is 2. The molecular formula is C18H20Cl2N2O4. The maximum atomic E-state index is 12.7. The lowest BCUT2D eigenvalue weighted by Crippen LogP contribution is -2.49. The SMILES string of the molecule is COCCOC(=O)C1=C(C)N(C2CC2)C(=O)N[C@@H]1c1ccc(Cl)c(Cl)c1. The van der Waals surface area contributed by atoms with Crippen LogP contribution in [0.15, 0.2) is 29.5 Å². The highest BCUT2D eigenvalue weighted by Gasteiger charge is 2.42. The number of halogens is 2. The van der Waals surface area contributed by atoms with E-state index in [4.69, 9.17) is 32.7 Å². The van der Waals surface area contributed by atoms with E-state index in [1.165, 1.54) is 7.11 Å². The van der Waals surface area contributed by atoms with Gasteiger partial charge in [0, 0.05) is 18.8 Å². The number of hydrogen-bond acceptors (Lipinski definition) is 4. The van der Waals surface area contributed by atoms with Gasteiger partial charge in [-0.05, 0) is 37.5 Å². The van der Waals surface area contributed by atoms with Crippen molar-refractivity contribution in [2.75, 3.05) is 20.3 Å². The number of hydrogen-bond donors (Lipinski definition) is 1. The summed E-state index contributed by atoms with van der Waals surface area (Å²) in [5.74, 6) is -0.485. The maximum Gasteiger partial charge on any atom is 0.338 e. The van der Waals surface area contributed by atoms with Gasteiger partial charge in [-0.2, -0.15) is 0 Å². The number of ether oxygens (including phenoxy) is 2. The minimum atomic E-state index is -0.651. The normalized spacial score (nSPS) is 20.2. The minimum absolute atomic E-state index is 0.131. The van der Waals surface area contributed by atoms with Crippen LogP contribution in [-0.2, 0) is 14.3 Å². The van der Waals surface area contributed by atoms with Gasteiger partial charge in [0.1, 0.15) is 6.61 Å². The largest absolute Gasteiger partial charge is 0.460 e. The molecule has 2 aliphatic rings. The second-order valence-corrected chi connectivity index (χ2v) is 7.10. The highest BCUT2D eigenvalue weighted by Crippen LogP contribution is 2.38. The van der Waals surface area contributed by atoms with Crippen LogP contribution in [0.25, 0.3) is 0 Å². The molecule has 0 bridgehead atoms. The number of allylic oxidation sites excluding steroid dienone is 1. The summed E-state index contributed by atoms with van der Waals surface area (Å²) in [7, 11) is 1.53. The summed E-state index contributed by atoms with van der Waals surface area (Å²) in [4.78, 5) is 27.0. The third-order valence-electron chi connectivity index (χ3n) is 4.46. The predicted molar refractivity (Wildman–Crippen MR) is 98.1 cm³/mol. The third kappa shape index (κ3) is 3.82. The highest BCUT2D eigenvalue weighted by molar-refractivity contribution is 6.42. The van der Waals surface area contributed by atoms with Crippen molar-refractivity contribution in [3.63, 3.8) is 0 Å². The zero-order valence-corrected chi connectivity index (χ0v) is 16.1. The molecule has 1 aliphatic carbocycles. The van der Waals surface area contributed by atoms with E-state index >= 15 is 0 Å². The molecule has 0 aromatic heterocycles. The molecule has 3 rings (SSSR count). The Labute approximate surface area is 162 Å². The Balaban J connectivity index is 1.98. The van der Waals surface area contributed by atoms with Crippen molar-refractivity contribution in [1.82, 2.24) is 10.2 Å². The summed E-state index contributed by atoms with van der Waals surface area (Å²) in [6.45, 7) is 2.21. The monoisotopic (exact) mass is 398 g/mol. The van der Waals surface area contributed by atoms with Gasteiger partial charge in [0.05, 0.1) is 28.3 Å². The first kappa shape index (κ1) is 19.0. The number of urea groups is 1. The minimum Gasteiger partial charge on any atom is -0.460 e. The van der Waals surface area contributed by atoms with Gasteiger partial charge in [0.15, 0.2) is 0 Å². The van der Waals surface area contributed by atoms with Crippen molar-refractivity contribution in [2.45, 2.75) is 31.8 Å². The van der Waals surface area contributed by atoms with Gasteiger partial charge in [-0.25, -0.2) is 9.59 Å². The van der Waals surface area contributed by atoms with Crippen molar-refractivity contribution in [2.24, 2.45) is 0 Å². The lowest BCUT2D eigenvalue weighted by atomic mass is 9.95. The molecule has 1 saturated carbocycles. The van der Waals surface area contributed by atoms with Gasteiger partial charge in [0.25, 0.3) is 0 Å². The molecule has 1 atom stereocenters. The van der Waals surface area contributed by atoms with E-state index in [-0.39, 0.29) is 18.7 Å². The van der Waals surface area contributed by atoms with Crippen LogP contribution in [0, 0.1) is 0 Å². The Morgan fingerprint density at radius 3 is 2.62 bits per heavy atom. The number of amides is 2. The molecule has 8 heteroatoms. The number of rotatable bonds is 6. The van der Waals surface area contributed by atoms with E-state index in [1.54, 1.807) is 30.0 Å². The first-order valence-corrected chi connectivity index (χ1v) is 9.11. The van der Waals surface area contributed by atoms with E-state index in [0.29, 0.717) is 33.5 Å². The number of nitrogens with one attached hydrogen (secondary N) is 1. The first-order valence-electron chi connectivity index (χ1n) is 8.35. The van der Waals surface area contributed by atoms with Crippen LogP contribution in [0.2, 0.25) is 10.0 Å². The first-order chi connectivity index (χ1) is 12.4. The Morgan fingerprint density at radius 1 is 1.27 bits per heavy atom. The molecule has 0 spiro atoms. The lowest BCUT2D eigenvalue weighted by molar-refractivity contribution is -0.140. The Morgan fingerprint density at radius 2 is 2.00 bits per heavy atom. The molecule has 1 fully saturated rings. The van der Waals surface area contributed by atoms with E-state index in [0.717, 1.165) is 12.8 Å². The van der Waals surface area contributed by atoms with Crippen molar-refractivity contribution in [1.29, 1.82) is 0 Å². The van der Waals surface area contributed by atoms with Crippen LogP contribution in [0.5, 0.6) is 0 Å². The van der Waals surface area contributed by atoms with Gasteiger partial charge in [-0.3, -0.25) is 4.90 Å². The summed E-state index contributed by atoms with van der Waals surface area (Å²) in [5.41, 5.74) is 1.67. The maximum absolute atomic E-state index is 12.7. The van der Waals surface area contributed by atoms with Crippen molar-refractivity contribution >= 4 is 35.2 Å². The molecule has 1 aromatic carbocycles. The van der Waals surface area contributed by atoms with Gasteiger partial charge in [-0.1, -0.05) is 29.3 Å². The van der Waals surface area contributed by atoms with Crippen molar-refractivity contribution in [3.8, 4) is 0 Å². The Bertz CT molecular complexity index is 762. The zero-order valence-electron chi connectivity index (χ0n) is 14.6. The molecule has 1 N–H and O–H groups in total. The van der Waals surface area contributed by atoms with Crippen LogP contribution in [0.3, 0.4) is 0 Å². The van der Waals surface area contributed by atoms with Crippen LogP contribution in [-0.4, -0.2) is 43.3 Å². The average molecular weight is 399 g/mol. The third-order valence-corrected chi connectivity index (χ3v) is 5.20. The molecule has 0 saturated heterocycles. The number of esters is 1. The Hall–Kier alpha value is -1.76. The summed E-state index contributed by atoms with van der Waals surface area (Å²) in [6.07, 6.45) is 1.85. The fraction of sp³-hybridized carbons (Fsp3) is 0.444. The fourth-order valence-electron chi connectivity index (χ4n) is 3.03. The number of methoxy groups -OCH3 is 1. The molecule has 26 heavy (non-hydrogen) atoms. The second kappa shape index (κ2) is 7.86. The summed E-state index contributed by atoms with van der Waals surface area (Å²) in [6, 6.07) is 4.28. The van der Waals surface area contributed by atoms with E-state index in [9.17, 15) is 9.59 Å². The van der Waals surface area contributed by atoms with E-state index in [2.05, 4.69) is 5.32 Å². The van der Waals surface area contributed by atoms with Crippen LogP contribution < -0.4 is 5.32 Å². The van der Waals surface area contributed by atoms with Crippen LogP contribution in [0.4, 0.5) is 4.79 Å². The quantitative estimate of drug-likeness (QED) is 0.585. The smallest absolute Gasteiger partial charge is 0.338 e.